The van der Waals surface area contributed by atoms with Crippen LogP contribution in [0, 0.1) is 5.82 Å². The minimum atomic E-state index is -3.82. The Morgan fingerprint density at radius 1 is 1.24 bits per heavy atom. The highest BCUT2D eigenvalue weighted by Gasteiger charge is 2.33. The van der Waals surface area contributed by atoms with Crippen LogP contribution in [-0.2, 0) is 16.6 Å². The van der Waals surface area contributed by atoms with Crippen molar-refractivity contribution < 1.29 is 22.3 Å². The maximum Gasteiger partial charge on any atom is 0.251 e. The van der Waals surface area contributed by atoms with Crippen molar-refractivity contribution in [1.82, 2.24) is 9.62 Å². The maximum absolute atomic E-state index is 13.8. The number of methoxy groups -OCH3 is 1. The summed E-state index contributed by atoms with van der Waals surface area (Å²) < 4.78 is 47.0. The van der Waals surface area contributed by atoms with Gasteiger partial charge in [0, 0.05) is 30.3 Å². The molecule has 1 N–H and O–H groups in total. The molecule has 6 nitrogen and oxygen atoms in total. The number of hydrogen-bond acceptors (Lipinski definition) is 4. The first-order valence-electron chi connectivity index (χ1n) is 9.56. The number of piperidine rings is 1. The zero-order valence-electron chi connectivity index (χ0n) is 16.5. The lowest BCUT2D eigenvalue weighted by Gasteiger charge is -2.32. The van der Waals surface area contributed by atoms with Crippen LogP contribution >= 0.6 is 0 Å². The number of amides is 1. The molecule has 0 aromatic heterocycles. The average Bonchev–Trinajstić information content (AvgIpc) is 2.72. The van der Waals surface area contributed by atoms with Gasteiger partial charge >= 0.3 is 0 Å². The van der Waals surface area contributed by atoms with Gasteiger partial charge in [-0.15, -0.1) is 0 Å². The highest BCUT2D eigenvalue weighted by atomic mass is 32.2. The summed E-state index contributed by atoms with van der Waals surface area (Å²) in [5.74, 6) is -0.711. The van der Waals surface area contributed by atoms with E-state index in [1.165, 1.54) is 35.7 Å². The van der Waals surface area contributed by atoms with E-state index in [0.29, 0.717) is 12.1 Å². The van der Waals surface area contributed by atoms with Gasteiger partial charge < -0.3 is 10.1 Å². The van der Waals surface area contributed by atoms with Crippen molar-refractivity contribution in [1.29, 1.82) is 0 Å². The number of ether oxygens (including phenoxy) is 1. The zero-order valence-corrected chi connectivity index (χ0v) is 17.3. The Kier molecular flexibility index (Phi) is 6.54. The van der Waals surface area contributed by atoms with Crippen LogP contribution in [0.3, 0.4) is 0 Å². The van der Waals surface area contributed by atoms with Crippen LogP contribution in [0.5, 0.6) is 5.75 Å². The molecule has 0 spiro atoms. The van der Waals surface area contributed by atoms with Crippen molar-refractivity contribution in [3.8, 4) is 5.75 Å². The first kappa shape index (κ1) is 21.3. The summed E-state index contributed by atoms with van der Waals surface area (Å²) in [5.41, 5.74) is 0.523. The fraction of sp³-hybridized carbons (Fsp3) is 0.381. The van der Waals surface area contributed by atoms with Crippen molar-refractivity contribution in [2.45, 2.75) is 43.7 Å². The summed E-state index contributed by atoms with van der Waals surface area (Å²) in [4.78, 5) is 12.5. The molecule has 0 bridgehead atoms. The molecule has 156 valence electrons. The molecule has 2 aromatic carbocycles. The zero-order chi connectivity index (χ0) is 21.0. The number of sulfonamides is 1. The molecule has 1 aliphatic heterocycles. The molecule has 3 rings (SSSR count). The van der Waals surface area contributed by atoms with Crippen LogP contribution in [0.15, 0.2) is 47.4 Å². The van der Waals surface area contributed by atoms with E-state index in [1.54, 1.807) is 18.2 Å². The van der Waals surface area contributed by atoms with Gasteiger partial charge in [0.05, 0.1) is 7.11 Å². The van der Waals surface area contributed by atoms with Gasteiger partial charge in [-0.05, 0) is 44.0 Å². The molecule has 1 fully saturated rings. The van der Waals surface area contributed by atoms with Gasteiger partial charge in [-0.2, -0.15) is 4.31 Å². The quantitative estimate of drug-likeness (QED) is 0.778. The van der Waals surface area contributed by atoms with Gasteiger partial charge in [-0.25, -0.2) is 12.8 Å². The molecular weight excluding hydrogens is 395 g/mol. The van der Waals surface area contributed by atoms with Gasteiger partial charge in [-0.3, -0.25) is 4.79 Å². The first-order chi connectivity index (χ1) is 13.8. The standard InChI is InChI=1S/C21H25FN2O4S/c1-15-7-5-6-12-24(15)29(26,27)20-13-16(10-11-19(20)28-2)21(25)23-14-17-8-3-4-9-18(17)22/h3-4,8-11,13,15H,5-7,12,14H2,1-2H3,(H,23,25)/t15-/m0/s1. The smallest absolute Gasteiger partial charge is 0.251 e. The second-order valence-electron chi connectivity index (χ2n) is 7.10. The van der Waals surface area contributed by atoms with Crippen molar-refractivity contribution in [3.05, 3.63) is 59.4 Å². The van der Waals surface area contributed by atoms with Crippen molar-refractivity contribution in [2.24, 2.45) is 0 Å². The van der Waals surface area contributed by atoms with Crippen LogP contribution in [0.2, 0.25) is 0 Å². The number of carbonyl (C=O) groups is 1. The number of hydrogen-bond donors (Lipinski definition) is 1. The Morgan fingerprint density at radius 2 is 2.00 bits per heavy atom. The monoisotopic (exact) mass is 420 g/mol. The molecule has 1 atom stereocenters. The van der Waals surface area contributed by atoms with E-state index < -0.39 is 21.7 Å². The second-order valence-corrected chi connectivity index (χ2v) is 8.96. The Hall–Kier alpha value is -2.45. The van der Waals surface area contributed by atoms with E-state index in [0.717, 1.165) is 19.3 Å². The van der Waals surface area contributed by atoms with E-state index in [1.807, 2.05) is 6.92 Å². The third-order valence-corrected chi connectivity index (χ3v) is 7.19. The molecule has 2 aromatic rings. The number of halogens is 1. The minimum Gasteiger partial charge on any atom is -0.495 e. The Bertz CT molecular complexity index is 994. The second kappa shape index (κ2) is 8.92. The lowest BCUT2D eigenvalue weighted by atomic mass is 10.1. The molecule has 0 saturated carbocycles. The predicted molar refractivity (Wildman–Crippen MR) is 108 cm³/mol. The van der Waals surface area contributed by atoms with Crippen LogP contribution in [-0.4, -0.2) is 38.3 Å². The summed E-state index contributed by atoms with van der Waals surface area (Å²) in [6, 6.07) is 10.3. The summed E-state index contributed by atoms with van der Waals surface area (Å²) in [5, 5.41) is 2.63. The van der Waals surface area contributed by atoms with Gasteiger partial charge in [0.15, 0.2) is 0 Å². The molecule has 0 radical (unpaired) electrons. The minimum absolute atomic E-state index is 0.00276. The number of nitrogens with zero attached hydrogens (tertiary/aromatic N) is 1. The van der Waals surface area contributed by atoms with Gasteiger partial charge in [0.1, 0.15) is 16.5 Å². The first-order valence-corrected chi connectivity index (χ1v) is 11.0. The van der Waals surface area contributed by atoms with Gasteiger partial charge in [-0.1, -0.05) is 24.6 Å². The third kappa shape index (κ3) is 4.59. The van der Waals surface area contributed by atoms with Crippen LogP contribution in [0.1, 0.15) is 42.1 Å². The fourth-order valence-corrected chi connectivity index (χ4v) is 5.38. The van der Waals surface area contributed by atoms with Crippen LogP contribution in [0.4, 0.5) is 4.39 Å². The maximum atomic E-state index is 13.8. The number of rotatable bonds is 6. The molecule has 0 aliphatic carbocycles. The summed E-state index contributed by atoms with van der Waals surface area (Å²) in [7, 11) is -2.42. The van der Waals surface area contributed by atoms with E-state index in [9.17, 15) is 17.6 Å². The largest absolute Gasteiger partial charge is 0.495 e. The molecule has 0 unspecified atom stereocenters. The summed E-state index contributed by atoms with van der Waals surface area (Å²) in [6.07, 6.45) is 2.59. The molecule has 8 heteroatoms. The highest BCUT2D eigenvalue weighted by Crippen LogP contribution is 2.31. The summed E-state index contributed by atoms with van der Waals surface area (Å²) in [6.45, 7) is 2.33. The Labute approximate surface area is 170 Å². The molecule has 1 aliphatic rings. The predicted octanol–water partition coefficient (Wildman–Crippen LogP) is 3.33. The van der Waals surface area contributed by atoms with E-state index in [-0.39, 0.29) is 28.8 Å². The van der Waals surface area contributed by atoms with Crippen molar-refractivity contribution in [2.75, 3.05) is 13.7 Å². The molecule has 29 heavy (non-hydrogen) atoms. The van der Waals surface area contributed by atoms with Gasteiger partial charge in [0.25, 0.3) is 5.91 Å². The van der Waals surface area contributed by atoms with Crippen LogP contribution in [0.25, 0.3) is 0 Å². The summed E-state index contributed by atoms with van der Waals surface area (Å²) >= 11 is 0. The van der Waals surface area contributed by atoms with Gasteiger partial charge in [0.2, 0.25) is 10.0 Å². The molecular formula is C21H25FN2O4S. The lowest BCUT2D eigenvalue weighted by molar-refractivity contribution is 0.0950. The fourth-order valence-electron chi connectivity index (χ4n) is 3.49. The SMILES string of the molecule is COc1ccc(C(=O)NCc2ccccc2F)cc1S(=O)(=O)N1CCCC[C@@H]1C. The highest BCUT2D eigenvalue weighted by molar-refractivity contribution is 7.89. The molecule has 1 amide bonds. The van der Waals surface area contributed by atoms with Crippen molar-refractivity contribution in [3.63, 3.8) is 0 Å². The van der Waals surface area contributed by atoms with E-state index in [2.05, 4.69) is 5.32 Å². The van der Waals surface area contributed by atoms with Crippen LogP contribution < -0.4 is 10.1 Å². The molecule has 1 heterocycles. The number of nitrogens with one attached hydrogen (secondary N) is 1. The Morgan fingerprint density at radius 3 is 2.69 bits per heavy atom. The van der Waals surface area contributed by atoms with E-state index in [4.69, 9.17) is 4.74 Å². The lowest BCUT2D eigenvalue weighted by Crippen LogP contribution is -2.42. The molecule has 1 saturated heterocycles. The normalized spacial score (nSPS) is 17.7. The topological polar surface area (TPSA) is 75.7 Å². The van der Waals surface area contributed by atoms with Crippen molar-refractivity contribution >= 4 is 15.9 Å². The Balaban J connectivity index is 1.86. The third-order valence-electron chi connectivity index (χ3n) is 5.15. The number of benzene rings is 2. The average molecular weight is 421 g/mol. The number of carbonyl (C=O) groups excluding carboxylic acids is 1. The van der Waals surface area contributed by atoms with E-state index >= 15 is 0 Å².